The average molecular weight is 1240 g/mol. The summed E-state index contributed by atoms with van der Waals surface area (Å²) in [6, 6.07) is 40.2. The Morgan fingerprint density at radius 1 is 0.525 bits per heavy atom. The number of imidazole rings is 1. The number of aryl methyl sites for hydroxylation is 2. The zero-order chi connectivity index (χ0) is 68.7. The van der Waals surface area contributed by atoms with Crippen LogP contribution in [-0.2, 0) is 37.3 Å². The minimum Gasteiger partial charge on any atom is -0.510 e. The van der Waals surface area contributed by atoms with E-state index in [1.165, 1.54) is 24.3 Å². The number of pyridine rings is 1. The van der Waals surface area contributed by atoms with Crippen LogP contribution in [0.25, 0.3) is 94.5 Å². The van der Waals surface area contributed by atoms with Crippen LogP contribution in [0.3, 0.4) is 0 Å². The van der Waals surface area contributed by atoms with Crippen LogP contribution in [0, 0.1) is 32.2 Å². The molecule has 0 aliphatic heterocycles. The Labute approximate surface area is 509 Å². The zero-order valence-electron chi connectivity index (χ0n) is 61.8. The fourth-order valence-electron chi connectivity index (χ4n) is 10.3. The number of hydrogen-bond donors (Lipinski definition) is 0. The van der Waals surface area contributed by atoms with Crippen LogP contribution >= 0.6 is 0 Å². The molecule has 0 fully saturated rings. The second-order valence-electron chi connectivity index (χ2n) is 23.0. The summed E-state index contributed by atoms with van der Waals surface area (Å²) in [5.74, 6) is 1.25. The number of fused-ring (bicyclic) bond motifs is 4. The van der Waals surface area contributed by atoms with Crippen molar-refractivity contribution in [3.8, 4) is 73.2 Å². The van der Waals surface area contributed by atoms with E-state index in [-0.39, 0.29) is 82.4 Å². The molecule has 0 saturated heterocycles. The van der Waals surface area contributed by atoms with Gasteiger partial charge in [0, 0.05) is 52.5 Å². The summed E-state index contributed by atoms with van der Waals surface area (Å²) in [6.07, 6.45) is 5.35. The Morgan fingerprint density at radius 3 is 1.84 bits per heavy atom. The van der Waals surface area contributed by atoms with Crippen LogP contribution in [-0.4, -0.2) is 14.1 Å². The number of rotatable bonds is 9. The van der Waals surface area contributed by atoms with Crippen molar-refractivity contribution < 1.29 is 52.3 Å². The molecule has 0 atom stereocenters. The standard InChI is InChI=1S/C74H66N4O.Pt/c1-48-22-20-23-49(2)70(48)52-32-35-66-68(42-52)76(58-28-21-29-59(45-58)79-60-33-34-62-61-30-18-19-31-65(61)78(67(62)46-60)69-44-55(36-37-75-69)72(3,4)5)47-77(66)71-63(51-26-16-13-17-27-51)40-53(50-24-14-12-15-25-50)41-64(71)54-38-56(73(6,7)8)43-57(39-54)74(9,10)11;/h12-44H,1-11H3;/q-2;/i1D3,2D3,12D,13D,14D,15D,16D,17D,24D,25D,26D,27D;. The van der Waals surface area contributed by atoms with Crippen molar-refractivity contribution >= 4 is 32.8 Å². The van der Waals surface area contributed by atoms with Crippen LogP contribution in [0.2, 0.25) is 0 Å². The van der Waals surface area contributed by atoms with Crippen molar-refractivity contribution in [1.82, 2.24) is 14.1 Å². The molecule has 80 heavy (non-hydrogen) atoms. The van der Waals surface area contributed by atoms with Gasteiger partial charge in [-0.2, -0.15) is 18.2 Å². The maximum Gasteiger partial charge on any atom is 0.268 e. The Hall–Kier alpha value is -8.11. The van der Waals surface area contributed by atoms with E-state index < -0.39 is 85.0 Å². The van der Waals surface area contributed by atoms with Crippen molar-refractivity contribution in [2.24, 2.45) is 0 Å². The number of para-hydroxylation sites is 1. The van der Waals surface area contributed by atoms with Gasteiger partial charge in [-0.05, 0) is 150 Å². The monoisotopic (exact) mass is 1240 g/mol. The van der Waals surface area contributed by atoms with Gasteiger partial charge in [0.05, 0.1) is 30.4 Å². The Bertz CT molecular complexity index is 5040. The van der Waals surface area contributed by atoms with Crippen LogP contribution in [0.15, 0.2) is 200 Å². The molecule has 0 unspecified atom stereocenters. The SMILES string of the molecule is [2H]c1c([2H])c([2H])c(-c2cc(-c3cc(C(C)(C)C)cc(C(C)(C)C)c3)c(-[n+]3[c-]n(-c4[c-]c(Oc5[c-]c6c(cc5)c5ccccc5n6-c5cc(C(C)(C)C)ccn5)ccc4)c4cc(-c5c(C([2H])([2H])[2H])cccc5C([2H])([2H])[2H])ccc43)c(-c3c([2H])c([2H])c([2H])c([2H])c3[2H])c2)c([2H])c1[2H].[Pt]. The van der Waals surface area contributed by atoms with E-state index >= 15 is 0 Å². The molecule has 12 rings (SSSR count). The molecule has 0 aliphatic carbocycles. The van der Waals surface area contributed by atoms with Gasteiger partial charge in [0.25, 0.3) is 6.33 Å². The molecule has 0 saturated carbocycles. The van der Waals surface area contributed by atoms with Crippen molar-refractivity contribution in [2.75, 3.05) is 0 Å². The van der Waals surface area contributed by atoms with Crippen LogP contribution < -0.4 is 9.30 Å². The molecule has 3 aromatic heterocycles. The fourth-order valence-corrected chi connectivity index (χ4v) is 10.3. The third-order valence-electron chi connectivity index (χ3n) is 14.5. The summed E-state index contributed by atoms with van der Waals surface area (Å²) in [6.45, 7) is 13.2. The van der Waals surface area contributed by atoms with Gasteiger partial charge in [-0.15, -0.1) is 29.7 Å². The molecule has 9 aromatic carbocycles. The van der Waals surface area contributed by atoms with Gasteiger partial charge in [-0.1, -0.05) is 195 Å². The van der Waals surface area contributed by atoms with Crippen LogP contribution in [0.4, 0.5) is 0 Å². The molecule has 6 heteroatoms. The van der Waals surface area contributed by atoms with Gasteiger partial charge in [0.2, 0.25) is 0 Å². The van der Waals surface area contributed by atoms with Gasteiger partial charge in [0.15, 0.2) is 0 Å². The minimum absolute atomic E-state index is 0. The number of nitrogens with zero attached hydrogens (tertiary/aromatic N) is 4. The molecule has 0 radical (unpaired) electrons. The molecule has 12 aromatic rings. The van der Waals surface area contributed by atoms with Gasteiger partial charge in [-0.25, -0.2) is 4.98 Å². The van der Waals surface area contributed by atoms with Crippen LogP contribution in [0.1, 0.15) is 112 Å². The first kappa shape index (κ1) is 37.7. The van der Waals surface area contributed by atoms with Gasteiger partial charge in [-0.3, -0.25) is 4.57 Å². The normalized spacial score (nSPS) is 15.3. The molecular weight excluding hydrogens is 1160 g/mol. The number of aromatic nitrogens is 4. The predicted octanol–water partition coefficient (Wildman–Crippen LogP) is 18.8. The number of ether oxygens (including phenoxy) is 1. The van der Waals surface area contributed by atoms with E-state index in [2.05, 4.69) is 97.5 Å². The smallest absolute Gasteiger partial charge is 0.268 e. The molecule has 3 heterocycles. The summed E-state index contributed by atoms with van der Waals surface area (Å²) in [4.78, 5) is 4.84. The topological polar surface area (TPSA) is 35.9 Å². The quantitative estimate of drug-likeness (QED) is 0.107. The van der Waals surface area contributed by atoms with Crippen LogP contribution in [0.5, 0.6) is 11.5 Å². The minimum atomic E-state index is -2.79. The van der Waals surface area contributed by atoms with Gasteiger partial charge < -0.3 is 13.9 Å². The van der Waals surface area contributed by atoms with E-state index in [4.69, 9.17) is 26.2 Å². The second-order valence-corrected chi connectivity index (χ2v) is 23.0. The summed E-state index contributed by atoms with van der Waals surface area (Å²) >= 11 is 0. The average Bonchev–Trinajstić information content (AvgIpc) is 1.42. The van der Waals surface area contributed by atoms with E-state index in [1.54, 1.807) is 57.8 Å². The van der Waals surface area contributed by atoms with Crippen molar-refractivity contribution in [3.05, 3.63) is 246 Å². The summed E-state index contributed by atoms with van der Waals surface area (Å²) < 4.78 is 156. The first-order valence-corrected chi connectivity index (χ1v) is 26.2. The molecular formula is C74H66N4OPt-2. The summed E-state index contributed by atoms with van der Waals surface area (Å²) in [5, 5.41) is 1.89. The summed E-state index contributed by atoms with van der Waals surface area (Å²) in [7, 11) is 0. The fraction of sp³-hybridized carbons (Fsp3) is 0.189. The van der Waals surface area contributed by atoms with E-state index in [9.17, 15) is 5.48 Å². The first-order chi connectivity index (χ1) is 44.4. The van der Waals surface area contributed by atoms with Gasteiger partial charge >= 0.3 is 0 Å². The van der Waals surface area contributed by atoms with E-state index in [1.807, 2.05) is 54.6 Å². The zero-order valence-corrected chi connectivity index (χ0v) is 48.1. The second kappa shape index (κ2) is 20.8. The first-order valence-electron chi connectivity index (χ1n) is 34.2. The molecule has 400 valence electrons. The number of hydrogen-bond acceptors (Lipinski definition) is 2. The van der Waals surface area contributed by atoms with Crippen molar-refractivity contribution in [1.29, 1.82) is 0 Å². The van der Waals surface area contributed by atoms with Crippen molar-refractivity contribution in [3.63, 3.8) is 0 Å². The Kier molecular flexibility index (Phi) is 9.82. The Morgan fingerprint density at radius 2 is 1.16 bits per heavy atom. The third kappa shape index (κ3) is 10.1. The molecule has 0 amide bonds. The van der Waals surface area contributed by atoms with E-state index in [0.717, 1.165) is 33.0 Å². The Balaban J connectivity index is 0.00000936. The summed E-state index contributed by atoms with van der Waals surface area (Å²) in [5.41, 5.74) is 4.55. The molecule has 0 N–H and O–H groups in total. The maximum absolute atomic E-state index is 9.66. The van der Waals surface area contributed by atoms with E-state index in [0.29, 0.717) is 44.9 Å². The third-order valence-corrected chi connectivity index (χ3v) is 14.5. The number of benzene rings is 9. The maximum atomic E-state index is 9.66. The predicted molar refractivity (Wildman–Crippen MR) is 327 cm³/mol. The molecule has 0 spiro atoms. The largest absolute Gasteiger partial charge is 0.510 e. The molecule has 0 bridgehead atoms. The molecule has 5 nitrogen and oxygen atoms in total. The van der Waals surface area contributed by atoms with Crippen molar-refractivity contribution in [2.45, 2.75) is 92.3 Å². The van der Waals surface area contributed by atoms with Gasteiger partial charge in [0.1, 0.15) is 5.82 Å². The molecule has 0 aliphatic rings.